The summed E-state index contributed by atoms with van der Waals surface area (Å²) in [6, 6.07) is 12.9. The molecule has 2 aromatic carbocycles. The minimum Gasteiger partial charge on any atom is -0.489 e. The van der Waals surface area contributed by atoms with Crippen molar-refractivity contribution in [2.24, 2.45) is 0 Å². The van der Waals surface area contributed by atoms with E-state index in [1.54, 1.807) is 0 Å². The molecule has 1 N–H and O–H groups in total. The average molecular weight is 385 g/mol. The summed E-state index contributed by atoms with van der Waals surface area (Å²) in [5.74, 6) is 0.300. The monoisotopic (exact) mass is 385 g/mol. The summed E-state index contributed by atoms with van der Waals surface area (Å²) in [6.07, 6.45) is 0. The molecule has 0 bridgehead atoms. The van der Waals surface area contributed by atoms with E-state index >= 15 is 0 Å². The van der Waals surface area contributed by atoms with Crippen LogP contribution in [0.3, 0.4) is 0 Å². The molecule has 0 spiro atoms. The first-order valence-electron chi connectivity index (χ1n) is 6.55. The summed E-state index contributed by atoms with van der Waals surface area (Å²) in [7, 11) is 0. The van der Waals surface area contributed by atoms with Gasteiger partial charge in [0.15, 0.2) is 0 Å². The smallest absolute Gasteiger partial charge is 0.127 e. The van der Waals surface area contributed by atoms with Gasteiger partial charge < -0.3 is 10.1 Å². The van der Waals surface area contributed by atoms with E-state index in [1.165, 1.54) is 15.7 Å². The van der Waals surface area contributed by atoms with Gasteiger partial charge in [0.1, 0.15) is 18.2 Å². The Bertz CT molecular complexity index is 557. The van der Waals surface area contributed by atoms with Gasteiger partial charge in [-0.15, -0.1) is 0 Å². The van der Waals surface area contributed by atoms with E-state index in [9.17, 15) is 4.39 Å². The van der Waals surface area contributed by atoms with E-state index in [0.717, 1.165) is 17.7 Å². The fourth-order valence-electron chi connectivity index (χ4n) is 1.82. The fourth-order valence-corrected chi connectivity index (χ4v) is 2.18. The molecule has 0 aliphatic heterocycles. The second kappa shape index (κ2) is 7.59. The number of hydrogen-bond acceptors (Lipinski definition) is 2. The predicted octanol–water partition coefficient (Wildman–Crippen LogP) is 4.12. The fraction of sp³-hybridized carbons (Fsp3) is 0.250. The molecule has 4 heteroatoms. The highest BCUT2D eigenvalue weighted by molar-refractivity contribution is 14.1. The molecule has 0 amide bonds. The molecule has 0 aliphatic carbocycles. The van der Waals surface area contributed by atoms with Crippen LogP contribution in [0.4, 0.5) is 4.39 Å². The largest absolute Gasteiger partial charge is 0.489 e. The molecule has 0 saturated heterocycles. The zero-order valence-electron chi connectivity index (χ0n) is 11.3. The van der Waals surface area contributed by atoms with Crippen LogP contribution in [0.2, 0.25) is 0 Å². The molecule has 0 radical (unpaired) electrons. The maximum atomic E-state index is 13.5. The Balaban J connectivity index is 2.01. The summed E-state index contributed by atoms with van der Waals surface area (Å²) >= 11 is 2.26. The van der Waals surface area contributed by atoms with Crippen LogP contribution < -0.4 is 10.1 Å². The summed E-state index contributed by atoms with van der Waals surface area (Å²) in [4.78, 5) is 0. The van der Waals surface area contributed by atoms with Crippen molar-refractivity contribution in [2.45, 2.75) is 20.1 Å². The first-order chi connectivity index (χ1) is 9.67. The molecule has 0 fully saturated rings. The van der Waals surface area contributed by atoms with E-state index in [1.807, 2.05) is 37.3 Å². The van der Waals surface area contributed by atoms with E-state index in [2.05, 4.69) is 27.9 Å². The predicted molar refractivity (Wildman–Crippen MR) is 87.3 cm³/mol. The van der Waals surface area contributed by atoms with Gasteiger partial charge in [-0.3, -0.25) is 0 Å². The number of benzene rings is 2. The third-order valence-electron chi connectivity index (χ3n) is 2.83. The number of rotatable bonds is 6. The lowest BCUT2D eigenvalue weighted by molar-refractivity contribution is 0.304. The lowest BCUT2D eigenvalue weighted by Crippen LogP contribution is -2.12. The van der Waals surface area contributed by atoms with Crippen LogP contribution in [0.1, 0.15) is 18.1 Å². The highest BCUT2D eigenvalue weighted by Crippen LogP contribution is 2.18. The van der Waals surface area contributed by atoms with Crippen molar-refractivity contribution in [3.05, 3.63) is 63.0 Å². The standard InChI is InChI=1S/C16H17FINO/c1-2-19-10-13-7-14(17)9-16(8-13)20-11-12-3-5-15(18)6-4-12/h3-9,19H,2,10-11H2,1H3. The van der Waals surface area contributed by atoms with Crippen LogP contribution in [0.5, 0.6) is 5.75 Å². The van der Waals surface area contributed by atoms with Gasteiger partial charge in [-0.2, -0.15) is 0 Å². The maximum absolute atomic E-state index is 13.5. The first-order valence-corrected chi connectivity index (χ1v) is 7.62. The molecular weight excluding hydrogens is 368 g/mol. The molecule has 2 aromatic rings. The second-order valence-electron chi connectivity index (χ2n) is 4.49. The van der Waals surface area contributed by atoms with Crippen LogP contribution in [0.15, 0.2) is 42.5 Å². The van der Waals surface area contributed by atoms with Crippen molar-refractivity contribution in [3.8, 4) is 5.75 Å². The summed E-state index contributed by atoms with van der Waals surface area (Å²) < 4.78 is 20.4. The van der Waals surface area contributed by atoms with Crippen LogP contribution in [0, 0.1) is 9.39 Å². The second-order valence-corrected chi connectivity index (χ2v) is 5.74. The molecule has 0 unspecified atom stereocenters. The van der Waals surface area contributed by atoms with Crippen LogP contribution in [-0.2, 0) is 13.2 Å². The van der Waals surface area contributed by atoms with Gasteiger partial charge in [-0.25, -0.2) is 4.39 Å². The van der Waals surface area contributed by atoms with Crippen molar-refractivity contribution < 1.29 is 9.13 Å². The van der Waals surface area contributed by atoms with Crippen molar-refractivity contribution in [2.75, 3.05) is 6.54 Å². The van der Waals surface area contributed by atoms with Crippen molar-refractivity contribution >= 4 is 22.6 Å². The Hall–Kier alpha value is -1.14. The SMILES string of the molecule is CCNCc1cc(F)cc(OCc2ccc(I)cc2)c1. The Morgan fingerprint density at radius 3 is 2.55 bits per heavy atom. The lowest BCUT2D eigenvalue weighted by Gasteiger charge is -2.09. The lowest BCUT2D eigenvalue weighted by atomic mass is 10.2. The molecule has 0 heterocycles. The molecule has 0 aliphatic rings. The van der Waals surface area contributed by atoms with Crippen molar-refractivity contribution in [1.29, 1.82) is 0 Å². The Kier molecular flexibility index (Phi) is 5.79. The highest BCUT2D eigenvalue weighted by atomic mass is 127. The van der Waals surface area contributed by atoms with Gasteiger partial charge in [0.25, 0.3) is 0 Å². The van der Waals surface area contributed by atoms with Gasteiger partial charge in [0, 0.05) is 16.2 Å². The number of nitrogens with one attached hydrogen (secondary N) is 1. The summed E-state index contributed by atoms with van der Waals surface area (Å²) in [5.41, 5.74) is 1.97. The quantitative estimate of drug-likeness (QED) is 0.756. The topological polar surface area (TPSA) is 21.3 Å². The minimum absolute atomic E-state index is 0.266. The third kappa shape index (κ3) is 4.76. The van der Waals surface area contributed by atoms with Crippen LogP contribution in [0.25, 0.3) is 0 Å². The highest BCUT2D eigenvalue weighted by Gasteiger charge is 2.02. The number of halogens is 2. The first kappa shape index (κ1) is 15.3. The van der Waals surface area contributed by atoms with Crippen molar-refractivity contribution in [1.82, 2.24) is 5.32 Å². The van der Waals surface area contributed by atoms with Gasteiger partial charge in [0.05, 0.1) is 0 Å². The normalized spacial score (nSPS) is 10.6. The molecule has 0 saturated carbocycles. The van der Waals surface area contributed by atoms with Gasteiger partial charge in [-0.1, -0.05) is 19.1 Å². The molecule has 20 heavy (non-hydrogen) atoms. The summed E-state index contributed by atoms with van der Waals surface area (Å²) in [6.45, 7) is 3.97. The Morgan fingerprint density at radius 1 is 1.10 bits per heavy atom. The number of hydrogen-bond donors (Lipinski definition) is 1. The molecule has 0 atom stereocenters. The van der Waals surface area contributed by atoms with Gasteiger partial charge in [0.2, 0.25) is 0 Å². The third-order valence-corrected chi connectivity index (χ3v) is 3.55. The molecule has 2 rings (SSSR count). The van der Waals surface area contributed by atoms with Crippen molar-refractivity contribution in [3.63, 3.8) is 0 Å². The van der Waals surface area contributed by atoms with Gasteiger partial charge in [-0.05, 0) is 64.5 Å². The zero-order chi connectivity index (χ0) is 14.4. The Labute approximate surface area is 132 Å². The van der Waals surface area contributed by atoms with Gasteiger partial charge >= 0.3 is 0 Å². The average Bonchev–Trinajstić information content (AvgIpc) is 2.44. The molecular formula is C16H17FINO. The minimum atomic E-state index is -0.266. The maximum Gasteiger partial charge on any atom is 0.127 e. The van der Waals surface area contributed by atoms with E-state index in [4.69, 9.17) is 4.74 Å². The van der Waals surface area contributed by atoms with E-state index in [0.29, 0.717) is 18.9 Å². The molecule has 0 aromatic heterocycles. The Morgan fingerprint density at radius 2 is 1.85 bits per heavy atom. The van der Waals surface area contributed by atoms with E-state index in [-0.39, 0.29) is 5.82 Å². The van der Waals surface area contributed by atoms with Crippen LogP contribution in [-0.4, -0.2) is 6.54 Å². The van der Waals surface area contributed by atoms with E-state index < -0.39 is 0 Å². The molecule has 2 nitrogen and oxygen atoms in total. The summed E-state index contributed by atoms with van der Waals surface area (Å²) in [5, 5.41) is 3.18. The molecule has 106 valence electrons. The number of ether oxygens (including phenoxy) is 1. The zero-order valence-corrected chi connectivity index (χ0v) is 13.5. The van der Waals surface area contributed by atoms with Crippen LogP contribution >= 0.6 is 22.6 Å².